The maximum atomic E-state index is 13.4. The SMILES string of the molecule is COc1cccc2sc(N(Cc3cccnc3)C(=O)Cc3ccc(S(C)(=O)=O)cc3)nc12. The Balaban J connectivity index is 1.67. The van der Waals surface area contributed by atoms with Gasteiger partial charge < -0.3 is 4.74 Å². The molecule has 0 unspecified atom stereocenters. The van der Waals surface area contributed by atoms with E-state index in [9.17, 15) is 13.2 Å². The summed E-state index contributed by atoms with van der Waals surface area (Å²) in [6.07, 6.45) is 4.66. The van der Waals surface area contributed by atoms with Crippen molar-refractivity contribution >= 4 is 42.4 Å². The summed E-state index contributed by atoms with van der Waals surface area (Å²) < 4.78 is 29.7. The van der Waals surface area contributed by atoms with Crippen LogP contribution < -0.4 is 9.64 Å². The van der Waals surface area contributed by atoms with E-state index in [0.29, 0.717) is 22.9 Å². The number of hydrogen-bond acceptors (Lipinski definition) is 7. The molecule has 4 rings (SSSR count). The monoisotopic (exact) mass is 467 g/mol. The van der Waals surface area contributed by atoms with Gasteiger partial charge in [0, 0.05) is 18.6 Å². The minimum atomic E-state index is -3.29. The van der Waals surface area contributed by atoms with Gasteiger partial charge in [-0.15, -0.1) is 0 Å². The molecule has 0 fully saturated rings. The van der Waals surface area contributed by atoms with Crippen LogP contribution in [0.3, 0.4) is 0 Å². The summed E-state index contributed by atoms with van der Waals surface area (Å²) in [6, 6.07) is 15.8. The number of sulfone groups is 1. The van der Waals surface area contributed by atoms with Crippen molar-refractivity contribution in [3.05, 3.63) is 78.1 Å². The van der Waals surface area contributed by atoms with Gasteiger partial charge in [0.1, 0.15) is 11.3 Å². The van der Waals surface area contributed by atoms with Gasteiger partial charge in [0.15, 0.2) is 15.0 Å². The molecule has 2 aromatic heterocycles. The van der Waals surface area contributed by atoms with E-state index >= 15 is 0 Å². The second-order valence-electron chi connectivity index (χ2n) is 7.24. The minimum Gasteiger partial charge on any atom is -0.494 e. The van der Waals surface area contributed by atoms with Gasteiger partial charge in [-0.2, -0.15) is 0 Å². The molecule has 164 valence electrons. The number of anilines is 1. The van der Waals surface area contributed by atoms with Gasteiger partial charge >= 0.3 is 0 Å². The molecule has 7 nitrogen and oxygen atoms in total. The standard InChI is InChI=1S/C23H21N3O4S2/c1-30-19-6-3-7-20-22(19)25-23(31-20)26(15-17-5-4-12-24-14-17)21(27)13-16-8-10-18(11-9-16)32(2,28)29/h3-12,14H,13,15H2,1-2H3. The van der Waals surface area contributed by atoms with Crippen molar-refractivity contribution in [2.45, 2.75) is 17.9 Å². The Hall–Kier alpha value is -3.30. The number of pyridine rings is 1. The number of amides is 1. The highest BCUT2D eigenvalue weighted by Gasteiger charge is 2.22. The van der Waals surface area contributed by atoms with Gasteiger partial charge in [-0.3, -0.25) is 14.7 Å². The first-order chi connectivity index (χ1) is 15.3. The zero-order valence-electron chi connectivity index (χ0n) is 17.6. The van der Waals surface area contributed by atoms with Crippen LogP contribution >= 0.6 is 11.3 Å². The van der Waals surface area contributed by atoms with Gasteiger partial charge in [-0.25, -0.2) is 13.4 Å². The summed E-state index contributed by atoms with van der Waals surface area (Å²) >= 11 is 1.41. The van der Waals surface area contributed by atoms with E-state index in [4.69, 9.17) is 4.74 Å². The Morgan fingerprint density at radius 2 is 1.84 bits per heavy atom. The first-order valence-corrected chi connectivity index (χ1v) is 12.5. The number of rotatable bonds is 7. The Morgan fingerprint density at radius 3 is 2.50 bits per heavy atom. The predicted octanol–water partition coefficient (Wildman–Crippen LogP) is 3.88. The number of aromatic nitrogens is 2. The van der Waals surface area contributed by atoms with Crippen LogP contribution in [0.15, 0.2) is 71.9 Å². The molecule has 0 N–H and O–H groups in total. The average Bonchev–Trinajstić information content (AvgIpc) is 3.22. The average molecular weight is 468 g/mol. The molecule has 4 aromatic rings. The van der Waals surface area contributed by atoms with Gasteiger partial charge in [-0.05, 0) is 41.5 Å². The van der Waals surface area contributed by atoms with Crippen LogP contribution in [0.25, 0.3) is 10.2 Å². The maximum absolute atomic E-state index is 13.4. The summed E-state index contributed by atoms with van der Waals surface area (Å²) in [5.41, 5.74) is 2.30. The van der Waals surface area contributed by atoms with E-state index in [1.54, 1.807) is 36.5 Å². The van der Waals surface area contributed by atoms with Crippen LogP contribution in [0, 0.1) is 0 Å². The third kappa shape index (κ3) is 4.79. The van der Waals surface area contributed by atoms with E-state index in [1.165, 1.54) is 23.5 Å². The quantitative estimate of drug-likeness (QED) is 0.410. The molecule has 9 heteroatoms. The summed E-state index contributed by atoms with van der Waals surface area (Å²) in [5.74, 6) is 0.495. The zero-order chi connectivity index (χ0) is 22.7. The van der Waals surface area contributed by atoms with Crippen LogP contribution in [0.2, 0.25) is 0 Å². The Morgan fingerprint density at radius 1 is 1.06 bits per heavy atom. The van der Waals surface area contributed by atoms with Crippen LogP contribution in [0.4, 0.5) is 5.13 Å². The van der Waals surface area contributed by atoms with Crippen molar-refractivity contribution in [3.8, 4) is 5.75 Å². The highest BCUT2D eigenvalue weighted by Crippen LogP contribution is 2.35. The van der Waals surface area contributed by atoms with Crippen LogP contribution in [0.5, 0.6) is 5.75 Å². The molecule has 2 heterocycles. The fourth-order valence-corrected chi connectivity index (χ4v) is 4.88. The number of methoxy groups -OCH3 is 1. The molecule has 0 aliphatic heterocycles. The second kappa shape index (κ2) is 9.05. The van der Waals surface area contributed by atoms with E-state index in [-0.39, 0.29) is 17.2 Å². The Kier molecular flexibility index (Phi) is 6.20. The molecular weight excluding hydrogens is 446 g/mol. The van der Waals surface area contributed by atoms with Gasteiger partial charge in [0.05, 0.1) is 29.7 Å². The summed E-state index contributed by atoms with van der Waals surface area (Å²) in [6.45, 7) is 0.316. The largest absolute Gasteiger partial charge is 0.494 e. The third-order valence-electron chi connectivity index (χ3n) is 4.89. The minimum absolute atomic E-state index is 0.108. The summed E-state index contributed by atoms with van der Waals surface area (Å²) in [7, 11) is -1.70. The molecule has 2 aromatic carbocycles. The van der Waals surface area contributed by atoms with Crippen molar-refractivity contribution in [2.75, 3.05) is 18.3 Å². The molecule has 32 heavy (non-hydrogen) atoms. The topological polar surface area (TPSA) is 89.5 Å². The van der Waals surface area contributed by atoms with Crippen molar-refractivity contribution in [2.24, 2.45) is 0 Å². The Labute approximate surface area is 190 Å². The first kappa shape index (κ1) is 21.9. The normalized spacial score (nSPS) is 11.4. The van der Waals surface area contributed by atoms with Crippen molar-refractivity contribution in [1.29, 1.82) is 0 Å². The van der Waals surface area contributed by atoms with Crippen LogP contribution in [0.1, 0.15) is 11.1 Å². The van der Waals surface area contributed by atoms with Crippen molar-refractivity contribution in [3.63, 3.8) is 0 Å². The number of carbonyl (C=O) groups excluding carboxylic acids is 1. The van der Waals surface area contributed by atoms with E-state index < -0.39 is 9.84 Å². The highest BCUT2D eigenvalue weighted by atomic mass is 32.2. The number of thiazole rings is 1. The molecule has 0 spiro atoms. The lowest BCUT2D eigenvalue weighted by Gasteiger charge is -2.20. The van der Waals surface area contributed by atoms with Gasteiger partial charge in [-0.1, -0.05) is 35.6 Å². The highest BCUT2D eigenvalue weighted by molar-refractivity contribution is 7.90. The predicted molar refractivity (Wildman–Crippen MR) is 125 cm³/mol. The smallest absolute Gasteiger partial charge is 0.233 e. The molecule has 0 bridgehead atoms. The number of para-hydroxylation sites is 1. The summed E-state index contributed by atoms with van der Waals surface area (Å²) in [5, 5.41) is 0.561. The molecule has 0 atom stereocenters. The molecule has 0 aliphatic rings. The fraction of sp³-hybridized carbons (Fsp3) is 0.174. The maximum Gasteiger partial charge on any atom is 0.233 e. The molecule has 0 aliphatic carbocycles. The molecule has 0 saturated heterocycles. The Bertz CT molecular complexity index is 1350. The van der Waals surface area contributed by atoms with Gasteiger partial charge in [0.2, 0.25) is 5.91 Å². The molecule has 0 radical (unpaired) electrons. The van der Waals surface area contributed by atoms with Crippen LogP contribution in [-0.4, -0.2) is 37.7 Å². The second-order valence-corrected chi connectivity index (χ2v) is 10.3. The number of nitrogens with zero attached hydrogens (tertiary/aromatic N) is 3. The van der Waals surface area contributed by atoms with E-state index in [2.05, 4.69) is 9.97 Å². The van der Waals surface area contributed by atoms with Crippen LogP contribution in [-0.2, 0) is 27.6 Å². The van der Waals surface area contributed by atoms with E-state index in [0.717, 1.165) is 22.1 Å². The van der Waals surface area contributed by atoms with Crippen molar-refractivity contribution in [1.82, 2.24) is 9.97 Å². The summed E-state index contributed by atoms with van der Waals surface area (Å²) in [4.78, 5) is 24.0. The lowest BCUT2D eigenvalue weighted by atomic mass is 10.1. The third-order valence-corrected chi connectivity index (χ3v) is 7.06. The molecule has 0 saturated carbocycles. The zero-order valence-corrected chi connectivity index (χ0v) is 19.2. The van der Waals surface area contributed by atoms with Crippen molar-refractivity contribution < 1.29 is 17.9 Å². The number of ether oxygens (including phenoxy) is 1. The molecule has 1 amide bonds. The number of carbonyl (C=O) groups is 1. The number of fused-ring (bicyclic) bond motifs is 1. The fourth-order valence-electron chi connectivity index (χ4n) is 3.25. The lowest BCUT2D eigenvalue weighted by Crippen LogP contribution is -2.31. The number of benzene rings is 2. The lowest BCUT2D eigenvalue weighted by molar-refractivity contribution is -0.118. The van der Waals surface area contributed by atoms with E-state index in [1.807, 2.05) is 30.3 Å². The first-order valence-electron chi connectivity index (χ1n) is 9.77. The number of hydrogen-bond donors (Lipinski definition) is 0. The molecular formula is C23H21N3O4S2. The van der Waals surface area contributed by atoms with Gasteiger partial charge in [0.25, 0.3) is 0 Å².